The predicted octanol–water partition coefficient (Wildman–Crippen LogP) is 9.76. The predicted molar refractivity (Wildman–Crippen MR) is 207 cm³/mol. The van der Waals surface area contributed by atoms with E-state index in [1.54, 1.807) is 109 Å². The lowest BCUT2D eigenvalue weighted by molar-refractivity contribution is 1.28. The highest BCUT2D eigenvalue weighted by Gasteiger charge is 2.24. The highest BCUT2D eigenvalue weighted by Crippen LogP contribution is 2.41. The van der Waals surface area contributed by atoms with Gasteiger partial charge in [0, 0.05) is 39.4 Å². The van der Waals surface area contributed by atoms with Crippen LogP contribution in [0.15, 0.2) is 162 Å². The molecule has 0 aliphatic heterocycles. The molecule has 0 saturated carbocycles. The van der Waals surface area contributed by atoms with Gasteiger partial charge in [0.1, 0.15) is 70.8 Å². The van der Waals surface area contributed by atoms with Gasteiger partial charge in [-0.15, -0.1) is 0 Å². The van der Waals surface area contributed by atoms with Gasteiger partial charge in [-0.25, -0.2) is 0 Å². The number of hydrogen-bond donors (Lipinski definition) is 0. The number of nitrogens with zero attached hydrogens (tertiary/aromatic N) is 9. The number of benzene rings is 5. The minimum absolute atomic E-state index is 0.137. The van der Waals surface area contributed by atoms with E-state index in [1.165, 1.54) is 0 Å². The van der Waals surface area contributed by atoms with Crippen molar-refractivity contribution < 1.29 is 0 Å². The highest BCUT2D eigenvalue weighted by molar-refractivity contribution is 6.12. The number of para-hydroxylation sites is 1. The summed E-state index contributed by atoms with van der Waals surface area (Å²) in [6.07, 6.45) is 0. The molecule has 5 aromatic carbocycles. The van der Waals surface area contributed by atoms with Crippen LogP contribution >= 0.6 is 0 Å². The Bertz CT molecular complexity index is 2500. The van der Waals surface area contributed by atoms with Crippen molar-refractivity contribution in [3.05, 3.63) is 184 Å². The summed E-state index contributed by atoms with van der Waals surface area (Å²) in [6.45, 7) is 0. The molecule has 0 aliphatic carbocycles. The third-order valence-electron chi connectivity index (χ3n) is 8.36. The highest BCUT2D eigenvalue weighted by atomic mass is 15.1. The molecule has 0 N–H and O–H groups in total. The lowest BCUT2D eigenvalue weighted by Crippen LogP contribution is -2.10. The topological polar surface area (TPSA) is 194 Å². The van der Waals surface area contributed by atoms with Crippen LogP contribution in [0, 0.1) is 90.6 Å². The molecule has 0 heterocycles. The second kappa shape index (κ2) is 17.6. The third-order valence-corrected chi connectivity index (χ3v) is 8.36. The van der Waals surface area contributed by atoms with Crippen LogP contribution in [0.25, 0.3) is 22.3 Å². The summed E-state index contributed by atoms with van der Waals surface area (Å²) in [6, 6.07) is 56.0. The van der Waals surface area contributed by atoms with E-state index in [0.717, 1.165) is 5.69 Å². The molecule has 5 rings (SSSR count). The summed E-state index contributed by atoms with van der Waals surface area (Å²) in [7, 11) is 0. The molecule has 55 heavy (non-hydrogen) atoms. The minimum atomic E-state index is -0.275. The van der Waals surface area contributed by atoms with Crippen molar-refractivity contribution >= 4 is 39.4 Å². The lowest BCUT2D eigenvalue weighted by Gasteiger charge is -2.26. The normalized spacial score (nSPS) is 9.31. The number of rotatable bonds is 9. The molecule has 0 aliphatic rings. The summed E-state index contributed by atoms with van der Waals surface area (Å²) in [4.78, 5) is 1.93. The van der Waals surface area contributed by atoms with E-state index in [4.69, 9.17) is 0 Å². The zero-order valence-electron chi connectivity index (χ0n) is 28.8. The largest absolute Gasteiger partial charge is 0.311 e. The molecule has 0 aromatic heterocycles. The minimum Gasteiger partial charge on any atom is -0.311 e. The van der Waals surface area contributed by atoms with Crippen molar-refractivity contribution in [2.45, 2.75) is 0 Å². The van der Waals surface area contributed by atoms with Crippen LogP contribution in [0.2, 0.25) is 0 Å². The number of hydrogen-bond acceptors (Lipinski definition) is 9. The van der Waals surface area contributed by atoms with Crippen molar-refractivity contribution in [2.24, 2.45) is 0 Å². The zero-order chi connectivity index (χ0) is 39.2. The molecule has 5 aromatic rings. The van der Waals surface area contributed by atoms with E-state index >= 15 is 0 Å². The van der Waals surface area contributed by atoms with E-state index in [1.807, 2.05) is 83.8 Å². The monoisotopic (exact) mass is 701 g/mol. The molecule has 0 atom stereocenters. The summed E-state index contributed by atoms with van der Waals surface area (Å²) >= 11 is 0. The van der Waals surface area contributed by atoms with Crippen LogP contribution in [-0.4, -0.2) is 0 Å². The van der Waals surface area contributed by atoms with Crippen molar-refractivity contribution in [1.82, 2.24) is 0 Å². The molecule has 0 bridgehead atoms. The average molecular weight is 702 g/mol. The van der Waals surface area contributed by atoms with Gasteiger partial charge in [-0.3, -0.25) is 0 Å². The number of anilines is 3. The maximum Gasteiger partial charge on any atom is 0.138 e. The average Bonchev–Trinajstić information content (AvgIpc) is 3.25. The second-order valence-corrected chi connectivity index (χ2v) is 11.4. The molecule has 252 valence electrons. The van der Waals surface area contributed by atoms with Crippen LogP contribution in [0.4, 0.5) is 17.1 Å². The van der Waals surface area contributed by atoms with E-state index in [0.29, 0.717) is 33.6 Å². The quantitative estimate of drug-likeness (QED) is 0.106. The molecule has 0 saturated heterocycles. The van der Waals surface area contributed by atoms with E-state index < -0.39 is 0 Å². The maximum absolute atomic E-state index is 10.0. The molecule has 0 fully saturated rings. The first-order chi connectivity index (χ1) is 27.0. The molecule has 9 nitrogen and oxygen atoms in total. The first kappa shape index (κ1) is 37.0. The van der Waals surface area contributed by atoms with Gasteiger partial charge in [-0.05, 0) is 58.7 Å². The lowest BCUT2D eigenvalue weighted by atomic mass is 9.86. The molecule has 0 spiro atoms. The fourth-order valence-corrected chi connectivity index (χ4v) is 5.99. The van der Waals surface area contributed by atoms with Crippen molar-refractivity contribution in [3.8, 4) is 48.6 Å². The Labute approximate surface area is 318 Å². The fraction of sp³-hybridized carbons (Fsp3) is 0. The van der Waals surface area contributed by atoms with Crippen LogP contribution in [0.1, 0.15) is 22.3 Å². The molecular weight excluding hydrogens is 679 g/mol. The van der Waals surface area contributed by atoms with Crippen LogP contribution in [0.5, 0.6) is 0 Å². The second-order valence-electron chi connectivity index (χ2n) is 11.4. The third kappa shape index (κ3) is 7.76. The van der Waals surface area contributed by atoms with E-state index in [9.17, 15) is 42.1 Å². The first-order valence-corrected chi connectivity index (χ1v) is 16.3. The fourth-order valence-electron chi connectivity index (χ4n) is 5.99. The Morgan fingerprint density at radius 3 is 0.745 bits per heavy atom. The van der Waals surface area contributed by atoms with Gasteiger partial charge in [0.05, 0.1) is 0 Å². The van der Waals surface area contributed by atoms with Crippen LogP contribution in [-0.2, 0) is 0 Å². The van der Waals surface area contributed by atoms with Crippen molar-refractivity contribution in [2.75, 3.05) is 4.90 Å². The van der Waals surface area contributed by atoms with Gasteiger partial charge >= 0.3 is 0 Å². The maximum atomic E-state index is 10.0. The SMILES string of the molecule is N#CC(C#N)=C(C(=C(C#N)C#N)c1ccc(N(c2ccccc2)c2ccc(C(=C(C#N)C#N)C(=C(C#N)C#N)c3ccccc3)cc2)cc1)c1ccccc1. The molecule has 0 unspecified atom stereocenters. The van der Waals surface area contributed by atoms with Gasteiger partial charge < -0.3 is 4.90 Å². The van der Waals surface area contributed by atoms with Gasteiger partial charge in [0.25, 0.3) is 0 Å². The number of nitriles is 8. The summed E-state index contributed by atoms with van der Waals surface area (Å²) in [5.41, 5.74) is 3.43. The smallest absolute Gasteiger partial charge is 0.138 e. The van der Waals surface area contributed by atoms with Gasteiger partial charge in [0.2, 0.25) is 0 Å². The summed E-state index contributed by atoms with van der Waals surface area (Å²) in [5, 5.41) is 79.7. The summed E-state index contributed by atoms with van der Waals surface area (Å²) in [5.74, 6) is 0. The van der Waals surface area contributed by atoms with Gasteiger partial charge in [0.15, 0.2) is 0 Å². The molecule has 9 heteroatoms. The summed E-state index contributed by atoms with van der Waals surface area (Å²) < 4.78 is 0. The molecular formula is C46H23N9. The van der Waals surface area contributed by atoms with Crippen LogP contribution < -0.4 is 4.90 Å². The Kier molecular flexibility index (Phi) is 11.9. The number of allylic oxidation sites excluding steroid dienone is 8. The Hall–Kier alpha value is -9.22. The standard InChI is InChI=1S/C46H23N9/c47-24-36(25-48)43(32-10-4-1-5-11-32)45(38(28-51)29-52)34-16-20-41(21-17-34)55(40-14-8-3-9-15-40)42-22-18-35(19-23-42)46(39(30-53)31-54)44(37(26-49)27-50)33-12-6-2-7-13-33/h1-23H. The Morgan fingerprint density at radius 2 is 0.491 bits per heavy atom. The first-order valence-electron chi connectivity index (χ1n) is 16.3. The van der Waals surface area contributed by atoms with E-state index in [2.05, 4.69) is 0 Å². The Balaban J connectivity index is 1.69. The zero-order valence-corrected chi connectivity index (χ0v) is 28.8. The molecule has 0 radical (unpaired) electrons. The van der Waals surface area contributed by atoms with Gasteiger partial charge in [-0.2, -0.15) is 42.1 Å². The van der Waals surface area contributed by atoms with Crippen molar-refractivity contribution in [1.29, 1.82) is 42.1 Å². The van der Waals surface area contributed by atoms with E-state index in [-0.39, 0.29) is 44.6 Å². The Morgan fingerprint density at radius 1 is 0.273 bits per heavy atom. The van der Waals surface area contributed by atoms with Gasteiger partial charge in [-0.1, -0.05) is 103 Å². The van der Waals surface area contributed by atoms with Crippen LogP contribution in [0.3, 0.4) is 0 Å². The van der Waals surface area contributed by atoms with Crippen molar-refractivity contribution in [3.63, 3.8) is 0 Å². The molecule has 0 amide bonds.